The molecule has 3 aromatic heterocycles. The number of hydrogen-bond acceptors (Lipinski definition) is 4. The van der Waals surface area contributed by atoms with Gasteiger partial charge in [0.05, 0.1) is 16.7 Å². The van der Waals surface area contributed by atoms with E-state index in [2.05, 4.69) is 144 Å². The van der Waals surface area contributed by atoms with Crippen LogP contribution in [-0.4, -0.2) is 19.5 Å². The standard InChI is InChI=1S/C43H26N4S/c1-2-13-27(14-3-1)41-44-42(46-43(45-41)35-21-12-20-33-32-19-8-11-24-39(32)48-40(33)35)34-25-26-38(29-16-5-4-15-28(29)34)47-36-22-9-6-17-30(36)31-18-7-10-23-37(31)47/h1-26H. The molecule has 7 aromatic carbocycles. The van der Waals surface area contributed by atoms with E-state index in [0.29, 0.717) is 17.5 Å². The first-order chi connectivity index (χ1) is 23.8. The average molecular weight is 631 g/mol. The number of benzene rings is 7. The molecule has 10 aromatic rings. The van der Waals surface area contributed by atoms with Crippen LogP contribution < -0.4 is 0 Å². The summed E-state index contributed by atoms with van der Waals surface area (Å²) in [5.74, 6) is 1.98. The van der Waals surface area contributed by atoms with Gasteiger partial charge in [-0.05, 0) is 41.8 Å². The number of thiophene rings is 1. The van der Waals surface area contributed by atoms with E-state index in [4.69, 9.17) is 15.0 Å². The van der Waals surface area contributed by atoms with Crippen LogP contribution in [0.1, 0.15) is 0 Å². The number of fused-ring (bicyclic) bond motifs is 7. The number of aromatic nitrogens is 4. The molecule has 4 nitrogen and oxygen atoms in total. The number of hydrogen-bond donors (Lipinski definition) is 0. The van der Waals surface area contributed by atoms with Crippen LogP contribution in [-0.2, 0) is 0 Å². The molecule has 0 aliphatic carbocycles. The third kappa shape index (κ3) is 4.11. The summed E-state index contributed by atoms with van der Waals surface area (Å²) in [7, 11) is 0. The lowest BCUT2D eigenvalue weighted by molar-refractivity contribution is 1.08. The highest BCUT2D eigenvalue weighted by atomic mass is 32.1. The fourth-order valence-electron chi connectivity index (χ4n) is 7.11. The largest absolute Gasteiger partial charge is 0.309 e. The summed E-state index contributed by atoms with van der Waals surface area (Å²) in [6, 6.07) is 55.5. The molecule has 0 amide bonds. The van der Waals surface area contributed by atoms with Gasteiger partial charge in [-0.2, -0.15) is 0 Å². The Bertz CT molecular complexity index is 2800. The molecule has 0 fully saturated rings. The van der Waals surface area contributed by atoms with Crippen molar-refractivity contribution in [1.29, 1.82) is 0 Å². The van der Waals surface area contributed by atoms with Crippen molar-refractivity contribution in [3.8, 4) is 39.9 Å². The second-order valence-corrected chi connectivity index (χ2v) is 13.1. The van der Waals surface area contributed by atoms with Gasteiger partial charge in [-0.3, -0.25) is 0 Å². The highest BCUT2D eigenvalue weighted by molar-refractivity contribution is 7.26. The zero-order chi connectivity index (χ0) is 31.6. The summed E-state index contributed by atoms with van der Waals surface area (Å²) < 4.78 is 4.82. The molecule has 0 saturated carbocycles. The Morgan fingerprint density at radius 2 is 0.938 bits per heavy atom. The quantitative estimate of drug-likeness (QED) is 0.194. The lowest BCUT2D eigenvalue weighted by Crippen LogP contribution is -2.02. The molecular formula is C43H26N4S. The van der Waals surface area contributed by atoms with Crippen molar-refractivity contribution in [2.24, 2.45) is 0 Å². The smallest absolute Gasteiger partial charge is 0.165 e. The molecule has 48 heavy (non-hydrogen) atoms. The van der Waals surface area contributed by atoms with E-state index in [1.165, 1.54) is 42.0 Å². The molecule has 5 heteroatoms. The summed E-state index contributed by atoms with van der Waals surface area (Å²) in [6.07, 6.45) is 0. The van der Waals surface area contributed by atoms with Crippen molar-refractivity contribution in [2.45, 2.75) is 0 Å². The molecule has 0 N–H and O–H groups in total. The van der Waals surface area contributed by atoms with Crippen molar-refractivity contribution in [3.63, 3.8) is 0 Å². The van der Waals surface area contributed by atoms with Gasteiger partial charge in [0.2, 0.25) is 0 Å². The Hall–Kier alpha value is -6.17. The molecule has 0 radical (unpaired) electrons. The second-order valence-electron chi connectivity index (χ2n) is 12.0. The van der Waals surface area contributed by atoms with Crippen LogP contribution in [0.15, 0.2) is 158 Å². The van der Waals surface area contributed by atoms with Gasteiger partial charge in [0, 0.05) is 53.0 Å². The summed E-state index contributed by atoms with van der Waals surface area (Å²) in [6.45, 7) is 0. The topological polar surface area (TPSA) is 43.6 Å². The van der Waals surface area contributed by atoms with Crippen LogP contribution in [0.5, 0.6) is 0 Å². The molecule has 3 heterocycles. The Morgan fingerprint density at radius 1 is 0.375 bits per heavy atom. The molecule has 0 atom stereocenters. The SMILES string of the molecule is c1ccc(-c2nc(-c3ccc(-n4c5ccccc5c5ccccc54)c4ccccc34)nc(-c3cccc4c3sc3ccccc34)n2)cc1. The van der Waals surface area contributed by atoms with E-state index < -0.39 is 0 Å². The Kier molecular flexibility index (Phi) is 6.01. The van der Waals surface area contributed by atoms with Crippen molar-refractivity contribution >= 4 is 64.1 Å². The molecule has 0 aliphatic heterocycles. The predicted molar refractivity (Wildman–Crippen MR) is 201 cm³/mol. The van der Waals surface area contributed by atoms with Crippen molar-refractivity contribution < 1.29 is 0 Å². The van der Waals surface area contributed by atoms with E-state index in [1.807, 2.05) is 18.2 Å². The summed E-state index contributed by atoms with van der Waals surface area (Å²) in [5, 5.41) is 7.18. The van der Waals surface area contributed by atoms with E-state index in [9.17, 15) is 0 Å². The molecule has 0 saturated heterocycles. The predicted octanol–water partition coefficient (Wildman–Crippen LogP) is 11.5. The first-order valence-corrected chi connectivity index (χ1v) is 16.9. The van der Waals surface area contributed by atoms with Crippen molar-refractivity contribution in [1.82, 2.24) is 19.5 Å². The summed E-state index contributed by atoms with van der Waals surface area (Å²) in [4.78, 5) is 15.5. The average Bonchev–Trinajstić information content (AvgIpc) is 3.71. The van der Waals surface area contributed by atoms with Gasteiger partial charge in [-0.15, -0.1) is 11.3 Å². The minimum atomic E-state index is 0.655. The summed E-state index contributed by atoms with van der Waals surface area (Å²) >= 11 is 1.79. The maximum atomic E-state index is 5.24. The lowest BCUT2D eigenvalue weighted by Gasteiger charge is -2.15. The van der Waals surface area contributed by atoms with E-state index in [-0.39, 0.29) is 0 Å². The number of nitrogens with zero attached hydrogens (tertiary/aromatic N) is 4. The molecule has 0 spiro atoms. The fourth-order valence-corrected chi connectivity index (χ4v) is 8.32. The van der Waals surface area contributed by atoms with Gasteiger partial charge in [0.15, 0.2) is 17.5 Å². The van der Waals surface area contributed by atoms with Crippen molar-refractivity contribution in [2.75, 3.05) is 0 Å². The van der Waals surface area contributed by atoms with Crippen LogP contribution in [0.4, 0.5) is 0 Å². The van der Waals surface area contributed by atoms with Crippen LogP contribution in [0, 0.1) is 0 Å². The minimum absolute atomic E-state index is 0.655. The number of para-hydroxylation sites is 2. The minimum Gasteiger partial charge on any atom is -0.309 e. The van der Waals surface area contributed by atoms with Gasteiger partial charge >= 0.3 is 0 Å². The van der Waals surface area contributed by atoms with E-state index in [1.54, 1.807) is 11.3 Å². The van der Waals surface area contributed by atoms with Gasteiger partial charge in [-0.1, -0.05) is 121 Å². The van der Waals surface area contributed by atoms with Crippen LogP contribution in [0.2, 0.25) is 0 Å². The van der Waals surface area contributed by atoms with E-state index >= 15 is 0 Å². The van der Waals surface area contributed by atoms with Crippen LogP contribution in [0.3, 0.4) is 0 Å². The first kappa shape index (κ1) is 27.0. The maximum Gasteiger partial charge on any atom is 0.165 e. The second kappa shape index (κ2) is 10.7. The maximum absolute atomic E-state index is 5.24. The molecule has 0 aliphatic rings. The van der Waals surface area contributed by atoms with Crippen LogP contribution in [0.25, 0.3) is 92.6 Å². The highest BCUT2D eigenvalue weighted by Gasteiger charge is 2.20. The van der Waals surface area contributed by atoms with Crippen molar-refractivity contribution in [3.05, 3.63) is 158 Å². The third-order valence-corrected chi connectivity index (χ3v) is 10.5. The first-order valence-electron chi connectivity index (χ1n) is 16.0. The van der Waals surface area contributed by atoms with Gasteiger partial charge in [0.25, 0.3) is 0 Å². The van der Waals surface area contributed by atoms with Crippen LogP contribution >= 0.6 is 11.3 Å². The normalized spacial score (nSPS) is 11.8. The Morgan fingerprint density at radius 3 is 1.69 bits per heavy atom. The zero-order valence-corrected chi connectivity index (χ0v) is 26.5. The highest BCUT2D eigenvalue weighted by Crippen LogP contribution is 2.41. The van der Waals surface area contributed by atoms with E-state index in [0.717, 1.165) is 33.2 Å². The monoisotopic (exact) mass is 630 g/mol. The Balaban J connectivity index is 1.24. The molecular weight excluding hydrogens is 605 g/mol. The lowest BCUT2D eigenvalue weighted by atomic mass is 10.0. The van der Waals surface area contributed by atoms with Gasteiger partial charge < -0.3 is 4.57 Å². The summed E-state index contributed by atoms with van der Waals surface area (Å²) in [5.41, 5.74) is 6.43. The molecule has 10 rings (SSSR count). The Labute approximate surface area is 280 Å². The molecule has 224 valence electrons. The molecule has 0 bridgehead atoms. The van der Waals surface area contributed by atoms with Gasteiger partial charge in [0.1, 0.15) is 0 Å². The zero-order valence-electron chi connectivity index (χ0n) is 25.7. The third-order valence-electron chi connectivity index (χ3n) is 9.28. The fraction of sp³-hybridized carbons (Fsp3) is 0. The number of rotatable bonds is 4. The molecule has 0 unspecified atom stereocenters. The van der Waals surface area contributed by atoms with Gasteiger partial charge in [-0.25, -0.2) is 15.0 Å².